The number of rotatable bonds is 11. The number of ether oxygens (including phenoxy) is 2. The van der Waals surface area contributed by atoms with Gasteiger partial charge in [0.1, 0.15) is 11.5 Å². The highest BCUT2D eigenvalue weighted by atomic mass is 32.2. The average Bonchev–Trinajstić information content (AvgIpc) is 2.69. The summed E-state index contributed by atoms with van der Waals surface area (Å²) in [5, 5.41) is 0. The number of hydrogen-bond donors (Lipinski definition) is 2. The fourth-order valence-corrected chi connectivity index (χ4v) is 5.45. The zero-order valence-electron chi connectivity index (χ0n) is 18.4. The van der Waals surface area contributed by atoms with Gasteiger partial charge < -0.3 is 9.47 Å². The number of aryl methyl sites for hydroxylation is 2. The molecule has 172 valence electrons. The van der Waals surface area contributed by atoms with E-state index in [1.807, 2.05) is 13.8 Å². The van der Waals surface area contributed by atoms with Crippen molar-refractivity contribution in [3.63, 3.8) is 0 Å². The molecule has 0 saturated carbocycles. The van der Waals surface area contributed by atoms with Crippen LogP contribution in [0.5, 0.6) is 11.5 Å². The third-order valence-electron chi connectivity index (χ3n) is 4.45. The van der Waals surface area contributed by atoms with Crippen LogP contribution in [0.4, 0.5) is 0 Å². The molecule has 10 heteroatoms. The molecule has 0 spiro atoms. The molecule has 0 heterocycles. The van der Waals surface area contributed by atoms with Crippen LogP contribution < -0.4 is 18.9 Å². The van der Waals surface area contributed by atoms with Crippen LogP contribution in [0.1, 0.15) is 31.9 Å². The van der Waals surface area contributed by atoms with Gasteiger partial charge in [-0.3, -0.25) is 0 Å². The van der Waals surface area contributed by atoms with Crippen molar-refractivity contribution < 1.29 is 26.3 Å². The highest BCUT2D eigenvalue weighted by molar-refractivity contribution is 7.90. The van der Waals surface area contributed by atoms with Crippen molar-refractivity contribution >= 4 is 20.0 Å². The Bertz CT molecular complexity index is 1110. The summed E-state index contributed by atoms with van der Waals surface area (Å²) >= 11 is 0. The van der Waals surface area contributed by atoms with Crippen LogP contribution in [0.15, 0.2) is 46.2 Å². The molecule has 0 bridgehead atoms. The zero-order chi connectivity index (χ0) is 23.2. The summed E-state index contributed by atoms with van der Waals surface area (Å²) in [6.07, 6.45) is 0. The Morgan fingerprint density at radius 3 is 1.68 bits per heavy atom. The molecule has 1 unspecified atom stereocenters. The molecule has 2 aromatic carbocycles. The van der Waals surface area contributed by atoms with Gasteiger partial charge >= 0.3 is 0 Å². The van der Waals surface area contributed by atoms with Gasteiger partial charge in [0.15, 0.2) is 0 Å². The van der Waals surface area contributed by atoms with Gasteiger partial charge in [0.05, 0.1) is 23.0 Å². The van der Waals surface area contributed by atoms with Crippen molar-refractivity contribution in [2.75, 3.05) is 19.8 Å². The van der Waals surface area contributed by atoms with Crippen LogP contribution in [0.3, 0.4) is 0 Å². The third-order valence-corrected chi connectivity index (χ3v) is 7.46. The first-order valence-corrected chi connectivity index (χ1v) is 13.0. The first kappa shape index (κ1) is 25.1. The van der Waals surface area contributed by atoms with E-state index >= 15 is 0 Å². The van der Waals surface area contributed by atoms with Gasteiger partial charge in [0, 0.05) is 12.6 Å². The molecule has 0 saturated heterocycles. The minimum Gasteiger partial charge on any atom is -0.494 e. The molecule has 0 fully saturated rings. The maximum atomic E-state index is 12.7. The highest BCUT2D eigenvalue weighted by Gasteiger charge is 2.21. The topological polar surface area (TPSA) is 111 Å². The van der Waals surface area contributed by atoms with E-state index in [1.165, 1.54) is 24.3 Å². The molecule has 8 nitrogen and oxygen atoms in total. The van der Waals surface area contributed by atoms with Gasteiger partial charge in [-0.15, -0.1) is 0 Å². The largest absolute Gasteiger partial charge is 0.494 e. The van der Waals surface area contributed by atoms with E-state index in [0.717, 1.165) is 0 Å². The monoisotopic (exact) mass is 470 g/mol. The molecule has 2 rings (SSSR count). The Labute approximate surface area is 185 Å². The molecule has 31 heavy (non-hydrogen) atoms. The van der Waals surface area contributed by atoms with Gasteiger partial charge in [-0.25, -0.2) is 26.3 Å². The Morgan fingerprint density at radius 1 is 0.806 bits per heavy atom. The first-order chi connectivity index (χ1) is 14.5. The number of hydrogen-bond acceptors (Lipinski definition) is 6. The lowest BCUT2D eigenvalue weighted by atomic mass is 10.2. The lowest BCUT2D eigenvalue weighted by molar-refractivity contribution is 0.337. The lowest BCUT2D eigenvalue weighted by Gasteiger charge is -2.16. The number of benzene rings is 2. The Morgan fingerprint density at radius 2 is 1.26 bits per heavy atom. The van der Waals surface area contributed by atoms with E-state index in [-0.39, 0.29) is 16.3 Å². The fourth-order valence-electron chi connectivity index (χ4n) is 2.91. The van der Waals surface area contributed by atoms with Gasteiger partial charge in [0.2, 0.25) is 20.0 Å². The second-order valence-corrected chi connectivity index (χ2v) is 10.6. The molecule has 1 atom stereocenters. The molecule has 0 aliphatic carbocycles. The molecule has 0 aromatic heterocycles. The molecule has 2 N–H and O–H groups in total. The average molecular weight is 471 g/mol. The first-order valence-electron chi connectivity index (χ1n) is 9.99. The van der Waals surface area contributed by atoms with Crippen LogP contribution >= 0.6 is 0 Å². The smallest absolute Gasteiger partial charge is 0.240 e. The van der Waals surface area contributed by atoms with E-state index in [4.69, 9.17) is 9.47 Å². The summed E-state index contributed by atoms with van der Waals surface area (Å²) in [7, 11) is -7.63. The van der Waals surface area contributed by atoms with Gasteiger partial charge in [-0.2, -0.15) is 0 Å². The molecule has 0 aliphatic heterocycles. The Balaban J connectivity index is 2.05. The quantitative estimate of drug-likeness (QED) is 0.522. The van der Waals surface area contributed by atoms with E-state index in [1.54, 1.807) is 32.9 Å². The molecule has 0 amide bonds. The molecular formula is C21H30N2O6S2. The predicted octanol–water partition coefficient (Wildman–Crippen LogP) is 2.75. The predicted molar refractivity (Wildman–Crippen MR) is 120 cm³/mol. The second-order valence-electron chi connectivity index (χ2n) is 7.09. The van der Waals surface area contributed by atoms with E-state index < -0.39 is 26.1 Å². The Kier molecular flexibility index (Phi) is 8.47. The summed E-state index contributed by atoms with van der Waals surface area (Å²) in [4.78, 5) is 0.177. The maximum Gasteiger partial charge on any atom is 0.240 e. The standard InChI is InChI=1S/C21H30N2O6S2/c1-6-28-20-10-8-18(12-15(20)3)30(24,25)22-14-17(5)23-31(26,27)19-9-11-21(29-7-2)16(4)13-19/h8-13,17,22-23H,6-7,14H2,1-5H3. The summed E-state index contributed by atoms with van der Waals surface area (Å²) < 4.78 is 66.3. The highest BCUT2D eigenvalue weighted by Crippen LogP contribution is 2.23. The zero-order valence-corrected chi connectivity index (χ0v) is 20.1. The normalized spacial score (nSPS) is 13.1. The van der Waals surface area contributed by atoms with Crippen LogP contribution in [-0.2, 0) is 20.0 Å². The minimum atomic E-state index is -3.82. The van der Waals surface area contributed by atoms with Crippen molar-refractivity contribution in [1.82, 2.24) is 9.44 Å². The SMILES string of the molecule is CCOc1ccc(S(=O)(=O)NCC(C)NS(=O)(=O)c2ccc(OCC)c(C)c2)cc1C. The van der Waals surface area contributed by atoms with Crippen LogP contribution in [0.25, 0.3) is 0 Å². The summed E-state index contributed by atoms with van der Waals surface area (Å²) in [6, 6.07) is 8.49. The summed E-state index contributed by atoms with van der Waals surface area (Å²) in [5.74, 6) is 1.24. The molecular weight excluding hydrogens is 440 g/mol. The second kappa shape index (κ2) is 10.4. The minimum absolute atomic E-state index is 0.0882. The fraction of sp³-hybridized carbons (Fsp3) is 0.429. The molecule has 2 aromatic rings. The van der Waals surface area contributed by atoms with E-state index in [0.29, 0.717) is 35.8 Å². The van der Waals surface area contributed by atoms with Crippen molar-refractivity contribution in [1.29, 1.82) is 0 Å². The van der Waals surface area contributed by atoms with Gasteiger partial charge in [-0.1, -0.05) is 0 Å². The van der Waals surface area contributed by atoms with Crippen molar-refractivity contribution in [3.8, 4) is 11.5 Å². The van der Waals surface area contributed by atoms with Gasteiger partial charge in [-0.05, 0) is 82.1 Å². The van der Waals surface area contributed by atoms with Crippen LogP contribution in [0.2, 0.25) is 0 Å². The number of nitrogens with one attached hydrogen (secondary N) is 2. The Hall–Kier alpha value is -2.14. The van der Waals surface area contributed by atoms with Gasteiger partial charge in [0.25, 0.3) is 0 Å². The summed E-state index contributed by atoms with van der Waals surface area (Å²) in [5.41, 5.74) is 1.40. The molecule has 0 aliphatic rings. The summed E-state index contributed by atoms with van der Waals surface area (Å²) in [6.45, 7) is 9.67. The maximum absolute atomic E-state index is 12.7. The van der Waals surface area contributed by atoms with Crippen LogP contribution in [-0.4, -0.2) is 42.6 Å². The molecule has 0 radical (unpaired) electrons. The van der Waals surface area contributed by atoms with Crippen molar-refractivity contribution in [3.05, 3.63) is 47.5 Å². The lowest BCUT2D eigenvalue weighted by Crippen LogP contribution is -2.41. The van der Waals surface area contributed by atoms with Crippen LogP contribution in [0, 0.1) is 13.8 Å². The van der Waals surface area contributed by atoms with E-state index in [9.17, 15) is 16.8 Å². The van der Waals surface area contributed by atoms with Crippen molar-refractivity contribution in [2.24, 2.45) is 0 Å². The third kappa shape index (κ3) is 6.67. The van der Waals surface area contributed by atoms with E-state index in [2.05, 4.69) is 9.44 Å². The van der Waals surface area contributed by atoms with Crippen molar-refractivity contribution in [2.45, 2.75) is 50.5 Å². The number of sulfonamides is 2.